The Bertz CT molecular complexity index is 1300. The van der Waals surface area contributed by atoms with E-state index in [0.717, 1.165) is 5.56 Å². The minimum Gasteiger partial charge on any atom is -0.493 e. The molecular formula is C26H30N4O6. The van der Waals surface area contributed by atoms with Crippen LogP contribution in [-0.2, 0) is 20.9 Å². The molecular weight excluding hydrogens is 464 g/mol. The number of hydrogen-bond acceptors (Lipinski definition) is 8. The summed E-state index contributed by atoms with van der Waals surface area (Å²) in [6, 6.07) is 10.3. The van der Waals surface area contributed by atoms with Gasteiger partial charge in [-0.05, 0) is 43.3 Å². The number of aromatic amines is 1. The molecule has 1 aromatic heterocycles. The molecule has 0 spiro atoms. The van der Waals surface area contributed by atoms with E-state index in [4.69, 9.17) is 14.2 Å². The highest BCUT2D eigenvalue weighted by Gasteiger charge is 2.15. The smallest absolute Gasteiger partial charge is 0.330 e. The fourth-order valence-electron chi connectivity index (χ4n) is 3.52. The number of aromatic nitrogens is 2. The molecule has 2 aromatic carbocycles. The maximum Gasteiger partial charge on any atom is 0.330 e. The van der Waals surface area contributed by atoms with Crippen molar-refractivity contribution in [1.29, 1.82) is 0 Å². The van der Waals surface area contributed by atoms with Crippen LogP contribution in [0.5, 0.6) is 11.5 Å². The third-order valence-electron chi connectivity index (χ3n) is 5.34. The summed E-state index contributed by atoms with van der Waals surface area (Å²) in [6.07, 6.45) is 3.00. The third kappa shape index (κ3) is 6.92. The van der Waals surface area contributed by atoms with Crippen LogP contribution in [0.1, 0.15) is 25.2 Å². The highest BCUT2D eigenvalue weighted by Crippen LogP contribution is 2.29. The average molecular weight is 495 g/mol. The van der Waals surface area contributed by atoms with Crippen molar-refractivity contribution >= 4 is 34.5 Å². The molecule has 1 amide bonds. The van der Waals surface area contributed by atoms with E-state index in [0.29, 0.717) is 47.1 Å². The van der Waals surface area contributed by atoms with E-state index in [1.54, 1.807) is 49.4 Å². The summed E-state index contributed by atoms with van der Waals surface area (Å²) in [7, 11) is 3.02. The Morgan fingerprint density at radius 1 is 1.08 bits per heavy atom. The number of carbonyl (C=O) groups is 2. The summed E-state index contributed by atoms with van der Waals surface area (Å²) in [5.41, 5.74) is 1.61. The lowest BCUT2D eigenvalue weighted by molar-refractivity contribution is -0.137. The van der Waals surface area contributed by atoms with Gasteiger partial charge in [0.2, 0.25) is 5.91 Å². The van der Waals surface area contributed by atoms with Crippen LogP contribution >= 0.6 is 0 Å². The molecule has 0 saturated carbocycles. The van der Waals surface area contributed by atoms with Gasteiger partial charge in [-0.3, -0.25) is 14.5 Å². The molecule has 0 aliphatic rings. The topological polar surface area (TPSA) is 123 Å². The monoisotopic (exact) mass is 494 g/mol. The summed E-state index contributed by atoms with van der Waals surface area (Å²) < 4.78 is 15.4. The van der Waals surface area contributed by atoms with Crippen LogP contribution in [0.15, 0.2) is 47.3 Å². The van der Waals surface area contributed by atoms with Gasteiger partial charge in [0.05, 0.1) is 44.8 Å². The molecule has 36 heavy (non-hydrogen) atoms. The van der Waals surface area contributed by atoms with Crippen molar-refractivity contribution in [3.63, 3.8) is 0 Å². The number of nitrogens with one attached hydrogen (secondary N) is 2. The molecule has 0 aliphatic heterocycles. The van der Waals surface area contributed by atoms with E-state index in [9.17, 15) is 14.4 Å². The number of rotatable bonds is 11. The minimum atomic E-state index is -0.407. The molecule has 0 fully saturated rings. The quantitative estimate of drug-likeness (QED) is 0.308. The van der Waals surface area contributed by atoms with Gasteiger partial charge in [0.15, 0.2) is 11.5 Å². The van der Waals surface area contributed by atoms with E-state index in [1.165, 1.54) is 20.3 Å². The molecule has 2 N–H and O–H groups in total. The van der Waals surface area contributed by atoms with Crippen LogP contribution in [0.25, 0.3) is 17.0 Å². The Kier molecular flexibility index (Phi) is 9.18. The first-order chi connectivity index (χ1) is 17.4. The third-order valence-corrected chi connectivity index (χ3v) is 5.34. The molecule has 3 rings (SSSR count). The van der Waals surface area contributed by atoms with E-state index < -0.39 is 5.97 Å². The van der Waals surface area contributed by atoms with Crippen molar-refractivity contribution in [2.24, 2.45) is 0 Å². The number of carbonyl (C=O) groups excluding carboxylic acids is 2. The second kappa shape index (κ2) is 12.5. The Hall–Kier alpha value is -4.18. The van der Waals surface area contributed by atoms with Crippen molar-refractivity contribution < 1.29 is 23.8 Å². The number of nitrogens with zero attached hydrogens (tertiary/aromatic N) is 2. The Labute approximate surface area is 208 Å². The van der Waals surface area contributed by atoms with Crippen molar-refractivity contribution in [1.82, 2.24) is 14.9 Å². The molecule has 190 valence electrons. The molecule has 0 saturated heterocycles. The van der Waals surface area contributed by atoms with E-state index in [2.05, 4.69) is 15.3 Å². The van der Waals surface area contributed by atoms with Gasteiger partial charge in [-0.2, -0.15) is 0 Å². The summed E-state index contributed by atoms with van der Waals surface area (Å²) in [4.78, 5) is 45.9. The maximum absolute atomic E-state index is 12.6. The first kappa shape index (κ1) is 26.4. The number of benzene rings is 2. The Balaban J connectivity index is 1.65. The number of esters is 1. The van der Waals surface area contributed by atoms with Crippen LogP contribution in [0.2, 0.25) is 0 Å². The molecule has 10 nitrogen and oxygen atoms in total. The number of amides is 1. The Morgan fingerprint density at radius 3 is 2.42 bits per heavy atom. The number of ether oxygens (including phenoxy) is 3. The summed E-state index contributed by atoms with van der Waals surface area (Å²) in [6.45, 7) is 4.94. The summed E-state index contributed by atoms with van der Waals surface area (Å²) in [5.74, 6) is 0.743. The number of hydrogen-bond donors (Lipinski definition) is 2. The highest BCUT2D eigenvalue weighted by atomic mass is 16.5. The van der Waals surface area contributed by atoms with Crippen molar-refractivity contribution in [3.8, 4) is 11.5 Å². The van der Waals surface area contributed by atoms with Crippen LogP contribution in [0.4, 0.5) is 5.69 Å². The highest BCUT2D eigenvalue weighted by molar-refractivity contribution is 5.92. The zero-order valence-electron chi connectivity index (χ0n) is 20.8. The predicted molar refractivity (Wildman–Crippen MR) is 137 cm³/mol. The van der Waals surface area contributed by atoms with Gasteiger partial charge in [0.25, 0.3) is 5.56 Å². The lowest BCUT2D eigenvalue weighted by Gasteiger charge is -2.19. The molecule has 0 bridgehead atoms. The summed E-state index contributed by atoms with van der Waals surface area (Å²) in [5, 5.41) is 3.24. The van der Waals surface area contributed by atoms with Gasteiger partial charge >= 0.3 is 5.97 Å². The molecule has 0 unspecified atom stereocenters. The second-order valence-electron chi connectivity index (χ2n) is 7.80. The SMILES string of the molecule is CCOC(=O)/C=C/c1ccc(NC(=O)CN(CC)Cc2nc3cc(OC)c(OC)cc3c(=O)[nH]2)cc1. The lowest BCUT2D eigenvalue weighted by atomic mass is 10.2. The average Bonchev–Trinajstić information content (AvgIpc) is 2.87. The van der Waals surface area contributed by atoms with Crippen LogP contribution in [0, 0.1) is 0 Å². The molecule has 3 aromatic rings. The van der Waals surface area contributed by atoms with E-state index in [1.807, 2.05) is 11.8 Å². The lowest BCUT2D eigenvalue weighted by Crippen LogP contribution is -2.33. The summed E-state index contributed by atoms with van der Waals surface area (Å²) >= 11 is 0. The van der Waals surface area contributed by atoms with Crippen LogP contribution < -0.4 is 20.3 Å². The fraction of sp³-hybridized carbons (Fsp3) is 0.308. The normalized spacial score (nSPS) is 11.1. The molecule has 0 atom stereocenters. The predicted octanol–water partition coefficient (Wildman–Crippen LogP) is 2.98. The fourth-order valence-corrected chi connectivity index (χ4v) is 3.52. The number of anilines is 1. The molecule has 1 heterocycles. The number of likely N-dealkylation sites (N-methyl/N-ethyl adjacent to an activating group) is 1. The number of H-pyrrole nitrogens is 1. The van der Waals surface area contributed by atoms with Gasteiger partial charge < -0.3 is 24.5 Å². The minimum absolute atomic E-state index is 0.106. The van der Waals surface area contributed by atoms with Crippen LogP contribution in [-0.4, -0.2) is 60.7 Å². The van der Waals surface area contributed by atoms with Crippen molar-refractivity contribution in [2.75, 3.05) is 39.2 Å². The number of methoxy groups -OCH3 is 2. The molecule has 10 heteroatoms. The molecule has 0 aliphatic carbocycles. The maximum atomic E-state index is 12.6. The molecule has 0 radical (unpaired) electrons. The largest absolute Gasteiger partial charge is 0.493 e. The zero-order chi connectivity index (χ0) is 26.1. The van der Waals surface area contributed by atoms with Crippen LogP contribution in [0.3, 0.4) is 0 Å². The number of fused-ring (bicyclic) bond motifs is 1. The van der Waals surface area contributed by atoms with Gasteiger partial charge in [-0.1, -0.05) is 19.1 Å². The van der Waals surface area contributed by atoms with Crippen molar-refractivity contribution in [3.05, 3.63) is 64.2 Å². The van der Waals surface area contributed by atoms with Gasteiger partial charge in [0.1, 0.15) is 5.82 Å². The standard InChI is InChI=1S/C26H30N4O6/c1-5-30(15-23-28-20-14-22(35-4)21(34-3)13-19(20)26(33)29-23)16-24(31)27-18-10-7-17(8-11-18)9-12-25(32)36-6-2/h7-14H,5-6,15-16H2,1-4H3,(H,27,31)(H,28,29,33)/b12-9+. The van der Waals surface area contributed by atoms with E-state index >= 15 is 0 Å². The van der Waals surface area contributed by atoms with Gasteiger partial charge in [-0.25, -0.2) is 9.78 Å². The zero-order valence-corrected chi connectivity index (χ0v) is 20.8. The van der Waals surface area contributed by atoms with E-state index in [-0.39, 0.29) is 24.6 Å². The second-order valence-corrected chi connectivity index (χ2v) is 7.80. The van der Waals surface area contributed by atoms with Crippen molar-refractivity contribution in [2.45, 2.75) is 20.4 Å². The van der Waals surface area contributed by atoms with Gasteiger partial charge in [0, 0.05) is 17.8 Å². The first-order valence-corrected chi connectivity index (χ1v) is 11.5. The first-order valence-electron chi connectivity index (χ1n) is 11.5. The Morgan fingerprint density at radius 2 is 1.78 bits per heavy atom. The van der Waals surface area contributed by atoms with Gasteiger partial charge in [-0.15, -0.1) is 0 Å².